The Labute approximate surface area is 143 Å². The fourth-order valence-electron chi connectivity index (χ4n) is 4.43. The van der Waals surface area contributed by atoms with Gasteiger partial charge in [0.2, 0.25) is 0 Å². The summed E-state index contributed by atoms with van der Waals surface area (Å²) in [6.45, 7) is 11.4. The van der Waals surface area contributed by atoms with Crippen LogP contribution in [0.5, 0.6) is 0 Å². The molecule has 1 heterocycles. The fourth-order valence-corrected chi connectivity index (χ4v) is 7.77. The molecule has 2 aromatic rings. The molecular formula is C22H29P. The summed E-state index contributed by atoms with van der Waals surface area (Å²) in [6, 6.07) is 14.3. The first-order valence-electron chi connectivity index (χ1n) is 8.90. The lowest BCUT2D eigenvalue weighted by atomic mass is 9.99. The van der Waals surface area contributed by atoms with Gasteiger partial charge < -0.3 is 0 Å². The molecule has 1 fully saturated rings. The smallest absolute Gasteiger partial charge is 0.00477 e. The summed E-state index contributed by atoms with van der Waals surface area (Å²) >= 11 is 0. The van der Waals surface area contributed by atoms with Crippen LogP contribution in [0.4, 0.5) is 0 Å². The third-order valence-electron chi connectivity index (χ3n) is 5.14. The van der Waals surface area contributed by atoms with Gasteiger partial charge in [-0.3, -0.25) is 0 Å². The molecule has 0 aliphatic carbocycles. The van der Waals surface area contributed by atoms with E-state index in [4.69, 9.17) is 0 Å². The first-order chi connectivity index (χ1) is 11.0. The molecule has 0 N–H and O–H groups in total. The minimum atomic E-state index is 0.0281. The summed E-state index contributed by atoms with van der Waals surface area (Å²) in [5, 5.41) is 0. The van der Waals surface area contributed by atoms with Crippen LogP contribution in [-0.4, -0.2) is 6.16 Å². The molecule has 23 heavy (non-hydrogen) atoms. The molecule has 1 aliphatic heterocycles. The summed E-state index contributed by atoms with van der Waals surface area (Å²) in [5.74, 6) is 0. The van der Waals surface area contributed by atoms with Crippen LogP contribution in [0.2, 0.25) is 0 Å². The van der Waals surface area contributed by atoms with Crippen molar-refractivity contribution in [3.8, 4) is 0 Å². The van der Waals surface area contributed by atoms with E-state index in [1.807, 2.05) is 0 Å². The van der Waals surface area contributed by atoms with Gasteiger partial charge in [0.25, 0.3) is 0 Å². The average molecular weight is 324 g/mol. The lowest BCUT2D eigenvalue weighted by molar-refractivity contribution is 0.764. The van der Waals surface area contributed by atoms with E-state index in [0.29, 0.717) is 0 Å². The van der Waals surface area contributed by atoms with Crippen molar-refractivity contribution in [3.63, 3.8) is 0 Å². The predicted octanol–water partition coefficient (Wildman–Crippen LogP) is 7.00. The van der Waals surface area contributed by atoms with Gasteiger partial charge in [-0.15, -0.1) is 0 Å². The zero-order valence-corrected chi connectivity index (χ0v) is 16.1. The normalized spacial score (nSPS) is 24.1. The molecule has 0 saturated carbocycles. The number of rotatable bonds is 3. The molecule has 0 nitrogen and oxygen atoms in total. The molecule has 2 atom stereocenters. The Morgan fingerprint density at radius 3 is 1.35 bits per heavy atom. The van der Waals surface area contributed by atoms with Gasteiger partial charge in [0, 0.05) is 11.3 Å². The van der Waals surface area contributed by atoms with Gasteiger partial charge in [0.1, 0.15) is 0 Å². The van der Waals surface area contributed by atoms with E-state index in [9.17, 15) is 0 Å². The van der Waals surface area contributed by atoms with Crippen molar-refractivity contribution in [3.05, 3.63) is 69.8 Å². The molecule has 1 heteroatoms. The van der Waals surface area contributed by atoms with Crippen LogP contribution in [0.25, 0.3) is 0 Å². The Hall–Kier alpha value is -1.13. The van der Waals surface area contributed by atoms with Crippen molar-refractivity contribution in [1.82, 2.24) is 0 Å². The third kappa shape index (κ3) is 3.53. The maximum atomic E-state index is 2.44. The van der Waals surface area contributed by atoms with Crippen LogP contribution in [0.1, 0.15) is 64.5 Å². The summed E-state index contributed by atoms with van der Waals surface area (Å²) in [7, 11) is 0.0281. The second-order valence-electron chi connectivity index (χ2n) is 7.28. The van der Waals surface area contributed by atoms with Gasteiger partial charge in [0.05, 0.1) is 0 Å². The Bertz CT molecular complexity index is 601. The lowest BCUT2D eigenvalue weighted by Crippen LogP contribution is -1.98. The maximum absolute atomic E-state index is 2.44. The summed E-state index contributed by atoms with van der Waals surface area (Å²) in [4.78, 5) is 0. The molecule has 0 aromatic heterocycles. The monoisotopic (exact) mass is 324 g/mol. The fraction of sp³-hybridized carbons (Fsp3) is 0.455. The Kier molecular flexibility index (Phi) is 4.93. The Morgan fingerprint density at radius 2 is 1.04 bits per heavy atom. The average Bonchev–Trinajstić information content (AvgIpc) is 2.88. The minimum Gasteiger partial charge on any atom is -0.0916 e. The van der Waals surface area contributed by atoms with Crippen LogP contribution in [0.3, 0.4) is 0 Å². The summed E-state index contributed by atoms with van der Waals surface area (Å²) in [6.07, 6.45) is 4.06. The number of hydrogen-bond acceptors (Lipinski definition) is 0. The highest BCUT2D eigenvalue weighted by Gasteiger charge is 2.36. The van der Waals surface area contributed by atoms with Gasteiger partial charge in [-0.1, -0.05) is 73.5 Å². The van der Waals surface area contributed by atoms with Crippen molar-refractivity contribution in [2.45, 2.75) is 58.8 Å². The van der Waals surface area contributed by atoms with Gasteiger partial charge in [-0.25, -0.2) is 0 Å². The highest BCUT2D eigenvalue weighted by molar-refractivity contribution is 7.58. The molecule has 2 aromatic carbocycles. The van der Waals surface area contributed by atoms with Crippen molar-refractivity contribution >= 4 is 7.92 Å². The van der Waals surface area contributed by atoms with Crippen molar-refractivity contribution in [1.29, 1.82) is 0 Å². The van der Waals surface area contributed by atoms with Crippen molar-refractivity contribution < 1.29 is 0 Å². The first-order valence-corrected chi connectivity index (χ1v) is 10.6. The third-order valence-corrected chi connectivity index (χ3v) is 8.58. The largest absolute Gasteiger partial charge is 0.0916 e. The van der Waals surface area contributed by atoms with E-state index in [0.717, 1.165) is 11.3 Å². The van der Waals surface area contributed by atoms with E-state index in [1.165, 1.54) is 41.3 Å². The van der Waals surface area contributed by atoms with Crippen LogP contribution in [-0.2, 0) is 0 Å². The van der Waals surface area contributed by atoms with Gasteiger partial charge >= 0.3 is 0 Å². The predicted molar refractivity (Wildman–Crippen MR) is 104 cm³/mol. The molecule has 0 spiro atoms. The topological polar surface area (TPSA) is 0 Å². The van der Waals surface area contributed by atoms with Gasteiger partial charge in [-0.2, -0.15) is 0 Å². The molecular weight excluding hydrogens is 295 g/mol. The second kappa shape index (κ2) is 6.78. The van der Waals surface area contributed by atoms with E-state index < -0.39 is 0 Å². The highest BCUT2D eigenvalue weighted by atomic mass is 31.1. The molecule has 1 saturated heterocycles. The zero-order valence-electron chi connectivity index (χ0n) is 15.2. The standard InChI is InChI=1S/C22H29P/c1-6-23-21(19-11-15(2)9-16(3)12-19)7-8-22(23)20-13-17(4)10-18(5)14-20/h9-14,21-22H,6-8H2,1-5H3. The molecule has 0 radical (unpaired) electrons. The number of hydrogen-bond donors (Lipinski definition) is 0. The zero-order chi connectivity index (χ0) is 16.6. The van der Waals surface area contributed by atoms with E-state index in [2.05, 4.69) is 71.0 Å². The van der Waals surface area contributed by atoms with Gasteiger partial charge in [-0.05, 0) is 57.8 Å². The molecule has 2 unspecified atom stereocenters. The lowest BCUT2D eigenvalue weighted by Gasteiger charge is -2.26. The SMILES string of the molecule is CCP1C(c2cc(C)cc(C)c2)CCC1c1cc(C)cc(C)c1. The number of benzene rings is 2. The van der Waals surface area contributed by atoms with E-state index in [1.54, 1.807) is 11.1 Å². The summed E-state index contributed by atoms with van der Waals surface area (Å²) < 4.78 is 0. The van der Waals surface area contributed by atoms with Crippen molar-refractivity contribution in [2.24, 2.45) is 0 Å². The van der Waals surface area contributed by atoms with E-state index in [-0.39, 0.29) is 7.92 Å². The summed E-state index contributed by atoms with van der Waals surface area (Å²) in [5.41, 5.74) is 10.5. The van der Waals surface area contributed by atoms with Crippen LogP contribution >= 0.6 is 7.92 Å². The maximum Gasteiger partial charge on any atom is 0.00477 e. The van der Waals surface area contributed by atoms with Crippen LogP contribution < -0.4 is 0 Å². The Morgan fingerprint density at radius 1 is 0.696 bits per heavy atom. The minimum absolute atomic E-state index is 0.0281. The number of aryl methyl sites for hydroxylation is 4. The van der Waals surface area contributed by atoms with Crippen LogP contribution in [0, 0.1) is 27.7 Å². The molecule has 0 bridgehead atoms. The molecule has 3 rings (SSSR count). The Balaban J connectivity index is 1.94. The van der Waals surface area contributed by atoms with E-state index >= 15 is 0 Å². The van der Waals surface area contributed by atoms with Gasteiger partial charge in [0.15, 0.2) is 0 Å². The second-order valence-corrected chi connectivity index (χ2v) is 10.2. The highest BCUT2D eigenvalue weighted by Crippen LogP contribution is 2.70. The quantitative estimate of drug-likeness (QED) is 0.533. The molecule has 122 valence electrons. The molecule has 0 amide bonds. The molecule has 1 aliphatic rings. The first kappa shape index (κ1) is 16.7. The van der Waals surface area contributed by atoms with Crippen LogP contribution in [0.15, 0.2) is 36.4 Å². The van der Waals surface area contributed by atoms with Crippen molar-refractivity contribution in [2.75, 3.05) is 6.16 Å².